The van der Waals surface area contributed by atoms with E-state index in [4.69, 9.17) is 11.6 Å². The number of non-ortho nitro benzene ring substituents is 1. The number of sulfonamides is 1. The number of hydrogen-bond acceptors (Lipinski definition) is 5. The van der Waals surface area contributed by atoms with E-state index in [2.05, 4.69) is 0 Å². The third-order valence-electron chi connectivity index (χ3n) is 4.62. The monoisotopic (exact) mass is 441 g/mol. The van der Waals surface area contributed by atoms with Crippen molar-refractivity contribution < 1.29 is 22.5 Å². The molecule has 0 N–H and O–H groups in total. The van der Waals surface area contributed by atoms with Crippen LogP contribution in [0.25, 0.3) is 0 Å². The molecule has 0 radical (unpaired) electrons. The molecule has 0 aliphatic carbocycles. The lowest BCUT2D eigenvalue weighted by Crippen LogP contribution is -2.50. The zero-order valence-corrected chi connectivity index (χ0v) is 16.7. The fourth-order valence-electron chi connectivity index (χ4n) is 2.99. The summed E-state index contributed by atoms with van der Waals surface area (Å²) in [6, 6.07) is 8.94. The topological polar surface area (TPSA) is 101 Å². The molecule has 11 heteroatoms. The summed E-state index contributed by atoms with van der Waals surface area (Å²) in [5.41, 5.74) is 0.581. The molecule has 154 valence electrons. The van der Waals surface area contributed by atoms with Gasteiger partial charge in [0.25, 0.3) is 5.69 Å². The van der Waals surface area contributed by atoms with Crippen molar-refractivity contribution in [1.82, 2.24) is 9.21 Å². The Balaban J connectivity index is 1.61. The molecule has 0 aromatic heterocycles. The number of hydrogen-bond donors (Lipinski definition) is 0. The van der Waals surface area contributed by atoms with E-state index in [1.165, 1.54) is 28.6 Å². The number of nitrogens with zero attached hydrogens (tertiary/aromatic N) is 3. The first-order valence-electron chi connectivity index (χ1n) is 8.65. The van der Waals surface area contributed by atoms with E-state index in [0.717, 1.165) is 18.2 Å². The molecule has 1 amide bonds. The maximum absolute atomic E-state index is 13.3. The van der Waals surface area contributed by atoms with Crippen LogP contribution in [-0.4, -0.2) is 54.6 Å². The number of carbonyl (C=O) groups excluding carboxylic acids is 1. The van der Waals surface area contributed by atoms with E-state index in [1.54, 1.807) is 4.90 Å². The van der Waals surface area contributed by atoms with Crippen LogP contribution < -0.4 is 0 Å². The van der Waals surface area contributed by atoms with E-state index >= 15 is 0 Å². The smallest absolute Gasteiger partial charge is 0.269 e. The van der Waals surface area contributed by atoms with E-state index in [9.17, 15) is 27.7 Å². The summed E-state index contributed by atoms with van der Waals surface area (Å²) >= 11 is 5.68. The molecule has 1 heterocycles. The fraction of sp³-hybridized carbons (Fsp3) is 0.278. The summed E-state index contributed by atoms with van der Waals surface area (Å²) in [6.45, 7) is 0.618. The van der Waals surface area contributed by atoms with Gasteiger partial charge >= 0.3 is 0 Å². The highest BCUT2D eigenvalue weighted by Gasteiger charge is 2.30. The molecule has 1 saturated heterocycles. The highest BCUT2D eigenvalue weighted by molar-refractivity contribution is 7.89. The Morgan fingerprint density at radius 1 is 1.10 bits per heavy atom. The molecule has 0 spiro atoms. The van der Waals surface area contributed by atoms with Gasteiger partial charge in [0.2, 0.25) is 15.9 Å². The van der Waals surface area contributed by atoms with Gasteiger partial charge in [-0.2, -0.15) is 4.31 Å². The Labute approximate surface area is 171 Å². The van der Waals surface area contributed by atoms with Crippen molar-refractivity contribution in [2.75, 3.05) is 26.2 Å². The third-order valence-corrected chi connectivity index (χ3v) is 6.81. The van der Waals surface area contributed by atoms with Gasteiger partial charge in [-0.25, -0.2) is 12.8 Å². The number of carbonyl (C=O) groups is 1. The Morgan fingerprint density at radius 2 is 1.72 bits per heavy atom. The van der Waals surface area contributed by atoms with Gasteiger partial charge in [0.1, 0.15) is 5.82 Å². The van der Waals surface area contributed by atoms with Crippen LogP contribution in [-0.2, 0) is 21.2 Å². The van der Waals surface area contributed by atoms with E-state index in [1.807, 2.05) is 0 Å². The molecule has 8 nitrogen and oxygen atoms in total. The minimum atomic E-state index is -3.84. The zero-order chi connectivity index (χ0) is 21.2. The molecule has 0 bridgehead atoms. The molecule has 0 saturated carbocycles. The molecule has 2 aromatic rings. The average molecular weight is 442 g/mol. The van der Waals surface area contributed by atoms with Gasteiger partial charge in [-0.3, -0.25) is 14.9 Å². The number of benzene rings is 2. The normalized spacial score (nSPS) is 15.3. The average Bonchev–Trinajstić information content (AvgIpc) is 2.70. The molecule has 0 unspecified atom stereocenters. The molecule has 29 heavy (non-hydrogen) atoms. The molecule has 2 aromatic carbocycles. The van der Waals surface area contributed by atoms with E-state index in [-0.39, 0.29) is 54.1 Å². The number of piperazine rings is 1. The SMILES string of the molecule is O=C(Cc1ccc([N+](=O)[O-])cc1)N1CCN(S(=O)(=O)c2ccc(F)c(Cl)c2)CC1. The summed E-state index contributed by atoms with van der Waals surface area (Å²) < 4.78 is 39.9. The minimum Gasteiger partial charge on any atom is -0.340 e. The number of nitro groups is 1. The van der Waals surface area contributed by atoms with Gasteiger partial charge in [0.15, 0.2) is 0 Å². The first-order chi connectivity index (χ1) is 13.7. The van der Waals surface area contributed by atoms with Crippen LogP contribution in [0.4, 0.5) is 10.1 Å². The second-order valence-electron chi connectivity index (χ2n) is 6.46. The van der Waals surface area contributed by atoms with Crippen LogP contribution in [0.15, 0.2) is 47.4 Å². The van der Waals surface area contributed by atoms with Crippen LogP contribution >= 0.6 is 11.6 Å². The van der Waals surface area contributed by atoms with Crippen molar-refractivity contribution in [2.24, 2.45) is 0 Å². The zero-order valence-electron chi connectivity index (χ0n) is 15.1. The molecule has 1 aliphatic rings. The standard InChI is InChI=1S/C18H17ClFN3O5S/c19-16-12-15(5-6-17(16)20)29(27,28)22-9-7-21(8-10-22)18(24)11-13-1-3-14(4-2-13)23(25)26/h1-6,12H,7-11H2. The second kappa shape index (κ2) is 8.44. The van der Waals surface area contributed by atoms with Gasteiger partial charge in [0, 0.05) is 38.3 Å². The first-order valence-corrected chi connectivity index (χ1v) is 10.5. The summed E-state index contributed by atoms with van der Waals surface area (Å²) in [5, 5.41) is 10.4. The van der Waals surface area contributed by atoms with Crippen molar-refractivity contribution in [2.45, 2.75) is 11.3 Å². The number of nitro benzene ring substituents is 1. The van der Waals surface area contributed by atoms with Crippen LogP contribution in [0.2, 0.25) is 5.02 Å². The maximum Gasteiger partial charge on any atom is 0.269 e. The lowest BCUT2D eigenvalue weighted by molar-refractivity contribution is -0.384. The molecule has 1 aliphatic heterocycles. The fourth-order valence-corrected chi connectivity index (χ4v) is 4.68. The lowest BCUT2D eigenvalue weighted by Gasteiger charge is -2.34. The predicted octanol–water partition coefficient (Wildman–Crippen LogP) is 2.46. The molecule has 1 fully saturated rings. The second-order valence-corrected chi connectivity index (χ2v) is 8.81. The summed E-state index contributed by atoms with van der Waals surface area (Å²) in [4.78, 5) is 24.1. The molecular formula is C18H17ClFN3O5S. The summed E-state index contributed by atoms with van der Waals surface area (Å²) in [5.74, 6) is -0.895. The van der Waals surface area contributed by atoms with Crippen molar-refractivity contribution in [3.63, 3.8) is 0 Å². The Bertz CT molecular complexity index is 1040. The van der Waals surface area contributed by atoms with Gasteiger partial charge in [-0.1, -0.05) is 23.7 Å². The number of rotatable bonds is 5. The van der Waals surface area contributed by atoms with Crippen molar-refractivity contribution in [1.29, 1.82) is 0 Å². The highest BCUT2D eigenvalue weighted by atomic mass is 35.5. The molecule has 3 rings (SSSR count). The van der Waals surface area contributed by atoms with Gasteiger partial charge in [-0.05, 0) is 23.8 Å². The number of halogens is 2. The van der Waals surface area contributed by atoms with Crippen molar-refractivity contribution >= 4 is 33.2 Å². The lowest BCUT2D eigenvalue weighted by atomic mass is 10.1. The third kappa shape index (κ3) is 4.72. The van der Waals surface area contributed by atoms with Crippen molar-refractivity contribution in [3.05, 3.63) is 69.0 Å². The van der Waals surface area contributed by atoms with Crippen LogP contribution in [0, 0.1) is 15.9 Å². The van der Waals surface area contributed by atoms with Crippen LogP contribution in [0.3, 0.4) is 0 Å². The maximum atomic E-state index is 13.3. The largest absolute Gasteiger partial charge is 0.340 e. The first kappa shape index (κ1) is 21.2. The molecule has 0 atom stereocenters. The number of amides is 1. The highest BCUT2D eigenvalue weighted by Crippen LogP contribution is 2.23. The summed E-state index contributed by atoms with van der Waals surface area (Å²) in [7, 11) is -3.84. The Kier molecular flexibility index (Phi) is 6.15. The van der Waals surface area contributed by atoms with Crippen LogP contribution in [0.5, 0.6) is 0 Å². The molecular weight excluding hydrogens is 425 g/mol. The van der Waals surface area contributed by atoms with Gasteiger partial charge in [-0.15, -0.1) is 0 Å². The Morgan fingerprint density at radius 3 is 2.28 bits per heavy atom. The summed E-state index contributed by atoms with van der Waals surface area (Å²) in [6.07, 6.45) is 0.0678. The van der Waals surface area contributed by atoms with Gasteiger partial charge in [0.05, 0.1) is 21.3 Å². The van der Waals surface area contributed by atoms with Crippen molar-refractivity contribution in [3.8, 4) is 0 Å². The van der Waals surface area contributed by atoms with E-state index in [0.29, 0.717) is 5.56 Å². The Hall–Kier alpha value is -2.56. The van der Waals surface area contributed by atoms with Crippen LogP contribution in [0.1, 0.15) is 5.56 Å². The van der Waals surface area contributed by atoms with Gasteiger partial charge < -0.3 is 4.90 Å². The predicted molar refractivity (Wildman–Crippen MR) is 104 cm³/mol. The quantitative estimate of drug-likeness (QED) is 0.524. The minimum absolute atomic E-state index is 0.0547. The van der Waals surface area contributed by atoms with E-state index < -0.39 is 20.8 Å².